The van der Waals surface area contributed by atoms with Crippen molar-refractivity contribution >= 4 is 0 Å². The van der Waals surface area contributed by atoms with Crippen molar-refractivity contribution in [2.45, 2.75) is 56.7 Å². The molecule has 2 aliphatic heterocycles. The summed E-state index contributed by atoms with van der Waals surface area (Å²) in [5, 5.41) is 10.4. The summed E-state index contributed by atoms with van der Waals surface area (Å²) in [7, 11) is 0. The molecule has 15 heavy (non-hydrogen) atoms. The van der Waals surface area contributed by atoms with Gasteiger partial charge in [0, 0.05) is 19.8 Å². The number of rotatable bonds is 3. The van der Waals surface area contributed by atoms with Crippen LogP contribution >= 0.6 is 0 Å². The molecule has 0 aromatic heterocycles. The molecule has 0 aromatic rings. The zero-order valence-corrected chi connectivity index (χ0v) is 9.41. The molecule has 0 bridgehead atoms. The first-order valence-corrected chi connectivity index (χ1v) is 6.20. The smallest absolute Gasteiger partial charge is 0.0671 e. The predicted octanol–water partition coefficient (Wildman–Crippen LogP) is 1.88. The predicted molar refractivity (Wildman–Crippen MR) is 57.8 cm³/mol. The van der Waals surface area contributed by atoms with Gasteiger partial charge in [0.1, 0.15) is 0 Å². The van der Waals surface area contributed by atoms with Gasteiger partial charge in [-0.25, -0.2) is 0 Å². The Balaban J connectivity index is 1.75. The van der Waals surface area contributed by atoms with E-state index in [4.69, 9.17) is 9.47 Å². The lowest BCUT2D eigenvalue weighted by molar-refractivity contribution is -0.00561. The van der Waals surface area contributed by atoms with E-state index in [9.17, 15) is 5.11 Å². The van der Waals surface area contributed by atoms with Crippen LogP contribution in [0, 0.1) is 0 Å². The highest BCUT2D eigenvalue weighted by atomic mass is 16.5. The second-order valence-electron chi connectivity index (χ2n) is 4.86. The fraction of sp³-hybridized carbons (Fsp3) is 1.00. The molecule has 88 valence electrons. The van der Waals surface area contributed by atoms with Crippen molar-refractivity contribution in [3.63, 3.8) is 0 Å². The number of hydrogen-bond acceptors (Lipinski definition) is 3. The topological polar surface area (TPSA) is 38.7 Å². The average molecular weight is 214 g/mol. The third-order valence-corrected chi connectivity index (χ3v) is 3.60. The molecule has 2 fully saturated rings. The average Bonchev–Trinajstić information content (AvgIpc) is 2.65. The SMILES string of the molecule is OC1(CCC2CCCO2)CCCOCC1. The molecule has 0 amide bonds. The highest BCUT2D eigenvalue weighted by molar-refractivity contribution is 4.82. The van der Waals surface area contributed by atoms with Crippen LogP contribution in [0.3, 0.4) is 0 Å². The second-order valence-corrected chi connectivity index (χ2v) is 4.86. The van der Waals surface area contributed by atoms with Gasteiger partial charge in [0.25, 0.3) is 0 Å². The van der Waals surface area contributed by atoms with Crippen molar-refractivity contribution in [2.75, 3.05) is 19.8 Å². The van der Waals surface area contributed by atoms with Crippen molar-refractivity contribution < 1.29 is 14.6 Å². The van der Waals surface area contributed by atoms with Crippen molar-refractivity contribution in [3.8, 4) is 0 Å². The van der Waals surface area contributed by atoms with E-state index in [1.165, 1.54) is 12.8 Å². The fourth-order valence-corrected chi connectivity index (χ4v) is 2.54. The Kier molecular flexibility index (Phi) is 4.00. The van der Waals surface area contributed by atoms with Gasteiger partial charge in [-0.1, -0.05) is 0 Å². The summed E-state index contributed by atoms with van der Waals surface area (Å²) in [6.45, 7) is 2.43. The maximum absolute atomic E-state index is 10.4. The van der Waals surface area contributed by atoms with Gasteiger partial charge in [-0.15, -0.1) is 0 Å². The molecule has 3 nitrogen and oxygen atoms in total. The maximum Gasteiger partial charge on any atom is 0.0671 e. The summed E-state index contributed by atoms with van der Waals surface area (Å²) in [5.41, 5.74) is -0.484. The maximum atomic E-state index is 10.4. The molecular formula is C12H22O3. The Morgan fingerprint density at radius 2 is 2.07 bits per heavy atom. The zero-order chi connectivity index (χ0) is 10.6. The molecule has 0 aliphatic carbocycles. The minimum absolute atomic E-state index is 0.401. The second kappa shape index (κ2) is 5.28. The van der Waals surface area contributed by atoms with Crippen LogP contribution in [0.2, 0.25) is 0 Å². The highest BCUT2D eigenvalue weighted by Gasteiger charge is 2.29. The molecule has 2 unspecified atom stereocenters. The van der Waals surface area contributed by atoms with Gasteiger partial charge in [0.05, 0.1) is 11.7 Å². The summed E-state index contributed by atoms with van der Waals surface area (Å²) in [6, 6.07) is 0. The van der Waals surface area contributed by atoms with Crippen LogP contribution in [0.1, 0.15) is 44.9 Å². The molecular weight excluding hydrogens is 192 g/mol. The Morgan fingerprint density at radius 3 is 2.87 bits per heavy atom. The van der Waals surface area contributed by atoms with Gasteiger partial charge >= 0.3 is 0 Å². The molecule has 2 heterocycles. The molecule has 0 aromatic carbocycles. The standard InChI is InChI=1S/C12H22O3/c13-12(5-2-8-14-10-7-12)6-4-11-3-1-9-15-11/h11,13H,1-10H2. The van der Waals surface area contributed by atoms with E-state index in [0.29, 0.717) is 12.7 Å². The lowest BCUT2D eigenvalue weighted by Gasteiger charge is -2.27. The molecule has 2 atom stereocenters. The van der Waals surface area contributed by atoms with Gasteiger partial charge in [-0.3, -0.25) is 0 Å². The molecule has 3 heteroatoms. The minimum Gasteiger partial charge on any atom is -0.390 e. The number of hydrogen-bond donors (Lipinski definition) is 1. The van der Waals surface area contributed by atoms with Crippen LogP contribution in [0.25, 0.3) is 0 Å². The van der Waals surface area contributed by atoms with Crippen LogP contribution < -0.4 is 0 Å². The van der Waals surface area contributed by atoms with Gasteiger partial charge < -0.3 is 14.6 Å². The van der Waals surface area contributed by atoms with E-state index in [0.717, 1.165) is 45.3 Å². The molecule has 1 N–H and O–H groups in total. The normalized spacial score (nSPS) is 37.8. The first kappa shape index (κ1) is 11.4. The molecule has 0 saturated carbocycles. The summed E-state index contributed by atoms with van der Waals surface area (Å²) >= 11 is 0. The summed E-state index contributed by atoms with van der Waals surface area (Å²) in [4.78, 5) is 0. The van der Waals surface area contributed by atoms with Crippen molar-refractivity contribution in [2.24, 2.45) is 0 Å². The van der Waals surface area contributed by atoms with Crippen LogP contribution in [-0.4, -0.2) is 36.6 Å². The monoisotopic (exact) mass is 214 g/mol. The van der Waals surface area contributed by atoms with Gasteiger partial charge in [-0.2, -0.15) is 0 Å². The number of ether oxygens (including phenoxy) is 2. The number of aliphatic hydroxyl groups is 1. The van der Waals surface area contributed by atoms with E-state index in [1.807, 2.05) is 0 Å². The first-order valence-electron chi connectivity index (χ1n) is 6.20. The summed E-state index contributed by atoms with van der Waals surface area (Å²) in [5.74, 6) is 0. The summed E-state index contributed by atoms with van der Waals surface area (Å²) < 4.78 is 10.9. The molecule has 0 radical (unpaired) electrons. The lowest BCUT2D eigenvalue weighted by Crippen LogP contribution is -2.30. The van der Waals surface area contributed by atoms with Crippen molar-refractivity contribution in [3.05, 3.63) is 0 Å². The van der Waals surface area contributed by atoms with E-state index in [1.54, 1.807) is 0 Å². The highest BCUT2D eigenvalue weighted by Crippen LogP contribution is 2.29. The van der Waals surface area contributed by atoms with Crippen molar-refractivity contribution in [1.29, 1.82) is 0 Å². The lowest BCUT2D eigenvalue weighted by atomic mass is 9.88. The van der Waals surface area contributed by atoms with Crippen LogP contribution in [0.5, 0.6) is 0 Å². The molecule has 2 rings (SSSR count). The zero-order valence-electron chi connectivity index (χ0n) is 9.41. The minimum atomic E-state index is -0.484. The van der Waals surface area contributed by atoms with E-state index >= 15 is 0 Å². The Morgan fingerprint density at radius 1 is 1.13 bits per heavy atom. The Hall–Kier alpha value is -0.120. The Labute approximate surface area is 91.8 Å². The largest absolute Gasteiger partial charge is 0.390 e. The Bertz CT molecular complexity index is 179. The molecule has 2 aliphatic rings. The van der Waals surface area contributed by atoms with E-state index in [-0.39, 0.29) is 0 Å². The third kappa shape index (κ3) is 3.44. The van der Waals surface area contributed by atoms with Crippen LogP contribution in [0.15, 0.2) is 0 Å². The van der Waals surface area contributed by atoms with E-state index < -0.39 is 5.60 Å². The quantitative estimate of drug-likeness (QED) is 0.779. The van der Waals surface area contributed by atoms with Crippen molar-refractivity contribution in [1.82, 2.24) is 0 Å². The fourth-order valence-electron chi connectivity index (χ4n) is 2.54. The van der Waals surface area contributed by atoms with Crippen LogP contribution in [-0.2, 0) is 9.47 Å². The van der Waals surface area contributed by atoms with Gasteiger partial charge in [0.15, 0.2) is 0 Å². The molecule has 2 saturated heterocycles. The first-order chi connectivity index (χ1) is 7.29. The summed E-state index contributed by atoms with van der Waals surface area (Å²) in [6.07, 6.45) is 7.32. The van der Waals surface area contributed by atoms with Gasteiger partial charge in [0.2, 0.25) is 0 Å². The van der Waals surface area contributed by atoms with Crippen LogP contribution in [0.4, 0.5) is 0 Å². The van der Waals surface area contributed by atoms with Gasteiger partial charge in [-0.05, 0) is 44.9 Å². The molecule has 0 spiro atoms. The third-order valence-electron chi connectivity index (χ3n) is 3.60. The van der Waals surface area contributed by atoms with E-state index in [2.05, 4.69) is 0 Å².